The Balaban J connectivity index is 1.50. The lowest BCUT2D eigenvalue weighted by atomic mass is 10.1. The standard InChI is InChI=1S/C19H16ClN7/c1-26-11-14(9-22-26)17-8-15(20)18-19(23-17)27(25-24-18)10-12-4-5-16-13(7-12)3-2-6-21-16/h2-9,11,24-25H,10H2,1H3. The molecule has 0 aliphatic carbocycles. The van der Waals surface area contributed by atoms with Gasteiger partial charge in [-0.05, 0) is 29.8 Å². The van der Waals surface area contributed by atoms with Crippen molar-refractivity contribution in [2.75, 3.05) is 10.4 Å². The highest BCUT2D eigenvalue weighted by atomic mass is 35.5. The summed E-state index contributed by atoms with van der Waals surface area (Å²) >= 11 is 6.47. The van der Waals surface area contributed by atoms with E-state index in [0.29, 0.717) is 11.6 Å². The van der Waals surface area contributed by atoms with Crippen LogP contribution in [0.1, 0.15) is 5.56 Å². The van der Waals surface area contributed by atoms with Crippen LogP contribution >= 0.6 is 11.6 Å². The molecule has 0 bridgehead atoms. The Kier molecular flexibility index (Phi) is 3.70. The second-order valence-electron chi connectivity index (χ2n) is 6.44. The van der Waals surface area contributed by atoms with Gasteiger partial charge in [-0.1, -0.05) is 23.7 Å². The van der Waals surface area contributed by atoms with Gasteiger partial charge >= 0.3 is 0 Å². The summed E-state index contributed by atoms with van der Waals surface area (Å²) in [7, 11) is 1.88. The van der Waals surface area contributed by atoms with Crippen molar-refractivity contribution >= 4 is 34.0 Å². The second-order valence-corrected chi connectivity index (χ2v) is 6.85. The molecule has 1 aliphatic rings. The number of anilines is 2. The van der Waals surface area contributed by atoms with Crippen LogP contribution in [0.25, 0.3) is 22.2 Å². The Morgan fingerprint density at radius 2 is 2.11 bits per heavy atom. The molecule has 0 saturated heterocycles. The van der Waals surface area contributed by atoms with E-state index in [0.717, 1.165) is 39.2 Å². The molecule has 0 saturated carbocycles. The molecule has 134 valence electrons. The van der Waals surface area contributed by atoms with Gasteiger partial charge in [-0.3, -0.25) is 20.1 Å². The summed E-state index contributed by atoms with van der Waals surface area (Å²) in [5.74, 6) is 0.757. The molecule has 3 aromatic heterocycles. The number of hydrogen-bond acceptors (Lipinski definition) is 6. The minimum Gasteiger partial charge on any atom is -0.299 e. The number of hydrazine groups is 2. The lowest BCUT2D eigenvalue weighted by Crippen LogP contribution is -2.35. The fourth-order valence-electron chi connectivity index (χ4n) is 3.21. The Morgan fingerprint density at radius 3 is 2.96 bits per heavy atom. The Labute approximate surface area is 160 Å². The van der Waals surface area contributed by atoms with Crippen LogP contribution in [0.5, 0.6) is 0 Å². The molecule has 1 aliphatic heterocycles. The molecule has 5 rings (SSSR count). The van der Waals surface area contributed by atoms with Gasteiger partial charge in [-0.25, -0.2) is 4.98 Å². The lowest BCUT2D eigenvalue weighted by molar-refractivity contribution is 0.718. The van der Waals surface area contributed by atoms with E-state index in [1.54, 1.807) is 17.1 Å². The SMILES string of the molecule is Cn1cc(-c2cc(Cl)c3c(n2)N(Cc2ccc4ncccc4c2)NN3)cn1. The smallest absolute Gasteiger partial charge is 0.171 e. The topological polar surface area (TPSA) is 70.9 Å². The van der Waals surface area contributed by atoms with Crippen molar-refractivity contribution in [2.24, 2.45) is 7.05 Å². The van der Waals surface area contributed by atoms with Crippen LogP contribution in [-0.4, -0.2) is 19.7 Å². The molecule has 8 heteroatoms. The van der Waals surface area contributed by atoms with Crippen LogP contribution in [0, 0.1) is 0 Å². The number of pyridine rings is 2. The van der Waals surface area contributed by atoms with Crippen molar-refractivity contribution in [1.82, 2.24) is 25.3 Å². The summed E-state index contributed by atoms with van der Waals surface area (Å²) in [5, 5.41) is 7.87. The predicted octanol–water partition coefficient (Wildman–Crippen LogP) is 3.54. The molecule has 27 heavy (non-hydrogen) atoms. The molecule has 0 unspecified atom stereocenters. The Bertz CT molecular complexity index is 1150. The second kappa shape index (κ2) is 6.22. The van der Waals surface area contributed by atoms with Gasteiger partial charge in [0.15, 0.2) is 5.82 Å². The minimum absolute atomic E-state index is 0.608. The molecule has 2 N–H and O–H groups in total. The van der Waals surface area contributed by atoms with Crippen molar-refractivity contribution in [3.63, 3.8) is 0 Å². The number of hydrogen-bond donors (Lipinski definition) is 2. The van der Waals surface area contributed by atoms with Crippen LogP contribution in [0.3, 0.4) is 0 Å². The monoisotopic (exact) mass is 377 g/mol. The van der Waals surface area contributed by atoms with E-state index in [4.69, 9.17) is 16.6 Å². The Hall–Kier alpha value is -3.16. The maximum atomic E-state index is 6.47. The molecular weight excluding hydrogens is 362 g/mol. The fraction of sp³-hybridized carbons (Fsp3) is 0.105. The van der Waals surface area contributed by atoms with E-state index in [1.807, 2.05) is 36.5 Å². The van der Waals surface area contributed by atoms with Crippen molar-refractivity contribution in [3.8, 4) is 11.3 Å². The predicted molar refractivity (Wildman–Crippen MR) is 106 cm³/mol. The van der Waals surface area contributed by atoms with Crippen LogP contribution in [0.15, 0.2) is 55.0 Å². The number of rotatable bonds is 3. The summed E-state index contributed by atoms with van der Waals surface area (Å²) < 4.78 is 1.75. The summed E-state index contributed by atoms with van der Waals surface area (Å²) in [4.78, 5) is 9.16. The largest absolute Gasteiger partial charge is 0.299 e. The average molecular weight is 378 g/mol. The molecule has 1 aromatic carbocycles. The third-order valence-corrected chi connectivity index (χ3v) is 4.83. The highest BCUT2D eigenvalue weighted by Crippen LogP contribution is 2.37. The van der Waals surface area contributed by atoms with E-state index in [-0.39, 0.29) is 0 Å². The molecule has 4 heterocycles. The molecular formula is C19H16ClN7. The third-order valence-electron chi connectivity index (χ3n) is 4.53. The zero-order chi connectivity index (χ0) is 18.4. The molecule has 0 amide bonds. The molecule has 7 nitrogen and oxygen atoms in total. The van der Waals surface area contributed by atoms with Crippen LogP contribution in [0.4, 0.5) is 11.5 Å². The molecule has 0 spiro atoms. The van der Waals surface area contributed by atoms with E-state index < -0.39 is 0 Å². The first kappa shape index (κ1) is 16.0. The minimum atomic E-state index is 0.608. The van der Waals surface area contributed by atoms with Gasteiger partial charge < -0.3 is 0 Å². The zero-order valence-corrected chi connectivity index (χ0v) is 15.3. The van der Waals surface area contributed by atoms with E-state index in [1.165, 1.54) is 0 Å². The summed E-state index contributed by atoms with van der Waals surface area (Å²) in [5.41, 5.74) is 10.8. The van der Waals surface area contributed by atoms with Crippen LogP contribution in [-0.2, 0) is 13.6 Å². The quantitative estimate of drug-likeness (QED) is 0.569. The number of nitrogens with one attached hydrogen (secondary N) is 2. The number of nitrogens with zero attached hydrogens (tertiary/aromatic N) is 5. The van der Waals surface area contributed by atoms with E-state index in [9.17, 15) is 0 Å². The maximum Gasteiger partial charge on any atom is 0.171 e. The maximum absolute atomic E-state index is 6.47. The molecule has 0 atom stereocenters. The highest BCUT2D eigenvalue weighted by molar-refractivity contribution is 6.34. The summed E-state index contributed by atoms with van der Waals surface area (Å²) in [6.07, 6.45) is 5.50. The number of aromatic nitrogens is 4. The van der Waals surface area contributed by atoms with Crippen molar-refractivity contribution in [1.29, 1.82) is 0 Å². The van der Waals surface area contributed by atoms with Crippen LogP contribution < -0.4 is 16.0 Å². The van der Waals surface area contributed by atoms with Gasteiger partial charge in [0.25, 0.3) is 0 Å². The lowest BCUT2D eigenvalue weighted by Gasteiger charge is -2.17. The van der Waals surface area contributed by atoms with Gasteiger partial charge in [-0.2, -0.15) is 5.10 Å². The van der Waals surface area contributed by atoms with Crippen LogP contribution in [0.2, 0.25) is 5.02 Å². The van der Waals surface area contributed by atoms with E-state index in [2.05, 4.69) is 39.2 Å². The first-order valence-electron chi connectivity index (χ1n) is 8.50. The van der Waals surface area contributed by atoms with Crippen molar-refractivity contribution in [3.05, 3.63) is 65.6 Å². The summed E-state index contributed by atoms with van der Waals surface area (Å²) in [6.45, 7) is 0.630. The molecule has 0 radical (unpaired) electrons. The van der Waals surface area contributed by atoms with Gasteiger partial charge in [0.2, 0.25) is 0 Å². The fourth-order valence-corrected chi connectivity index (χ4v) is 3.45. The van der Waals surface area contributed by atoms with Gasteiger partial charge in [0.05, 0.1) is 29.0 Å². The number of aryl methyl sites for hydroxylation is 1. The molecule has 4 aromatic rings. The first-order valence-corrected chi connectivity index (χ1v) is 8.87. The first-order chi connectivity index (χ1) is 13.2. The number of benzene rings is 1. The number of halogens is 1. The molecule has 0 fully saturated rings. The third kappa shape index (κ3) is 2.87. The normalized spacial score (nSPS) is 13.0. The van der Waals surface area contributed by atoms with Gasteiger partial charge in [-0.15, -0.1) is 5.53 Å². The van der Waals surface area contributed by atoms with Crippen molar-refractivity contribution in [2.45, 2.75) is 6.54 Å². The highest BCUT2D eigenvalue weighted by Gasteiger charge is 2.24. The number of fused-ring (bicyclic) bond motifs is 2. The summed E-state index contributed by atoms with van der Waals surface area (Å²) in [6, 6.07) is 12.1. The van der Waals surface area contributed by atoms with Gasteiger partial charge in [0.1, 0.15) is 5.69 Å². The van der Waals surface area contributed by atoms with Crippen molar-refractivity contribution < 1.29 is 0 Å². The Morgan fingerprint density at radius 1 is 1.19 bits per heavy atom. The van der Waals surface area contributed by atoms with E-state index >= 15 is 0 Å². The van der Waals surface area contributed by atoms with Gasteiger partial charge in [0, 0.05) is 30.4 Å². The average Bonchev–Trinajstić information content (AvgIpc) is 3.28. The zero-order valence-electron chi connectivity index (χ0n) is 14.5.